The van der Waals surface area contributed by atoms with Crippen molar-refractivity contribution in [1.82, 2.24) is 5.32 Å². The van der Waals surface area contributed by atoms with E-state index in [2.05, 4.69) is 19.2 Å². The Kier molecular flexibility index (Phi) is 5.78. The second kappa shape index (κ2) is 7.11. The van der Waals surface area contributed by atoms with E-state index in [0.29, 0.717) is 12.5 Å². The number of carbonyl (C=O) groups is 1. The predicted octanol–water partition coefficient (Wildman–Crippen LogP) is 2.32. The SMILES string of the molecule is CCC(CC)C(N)CNC(=O)c1ccccc1F. The van der Waals surface area contributed by atoms with Crippen LogP contribution in [-0.4, -0.2) is 18.5 Å². The molecule has 0 saturated carbocycles. The van der Waals surface area contributed by atoms with E-state index in [1.165, 1.54) is 12.1 Å². The largest absolute Gasteiger partial charge is 0.350 e. The van der Waals surface area contributed by atoms with Crippen LogP contribution in [0, 0.1) is 11.7 Å². The number of nitrogens with one attached hydrogen (secondary N) is 1. The summed E-state index contributed by atoms with van der Waals surface area (Å²) < 4.78 is 13.4. The minimum absolute atomic E-state index is 0.0641. The Labute approximate surface area is 108 Å². The summed E-state index contributed by atoms with van der Waals surface area (Å²) >= 11 is 0. The van der Waals surface area contributed by atoms with Gasteiger partial charge in [-0.25, -0.2) is 4.39 Å². The van der Waals surface area contributed by atoms with Gasteiger partial charge in [-0.1, -0.05) is 38.8 Å². The molecule has 1 unspecified atom stereocenters. The molecular formula is C14H21FN2O. The van der Waals surface area contributed by atoms with Gasteiger partial charge in [0, 0.05) is 12.6 Å². The molecule has 0 radical (unpaired) electrons. The second-order valence-electron chi connectivity index (χ2n) is 4.43. The number of carbonyl (C=O) groups excluding carboxylic acids is 1. The zero-order valence-electron chi connectivity index (χ0n) is 10.9. The smallest absolute Gasteiger partial charge is 0.254 e. The van der Waals surface area contributed by atoms with Crippen molar-refractivity contribution in [3.8, 4) is 0 Å². The minimum Gasteiger partial charge on any atom is -0.350 e. The van der Waals surface area contributed by atoms with Crippen molar-refractivity contribution in [3.63, 3.8) is 0 Å². The second-order valence-corrected chi connectivity index (χ2v) is 4.43. The monoisotopic (exact) mass is 252 g/mol. The molecule has 0 aliphatic carbocycles. The van der Waals surface area contributed by atoms with E-state index in [4.69, 9.17) is 5.73 Å². The number of hydrogen-bond donors (Lipinski definition) is 2. The van der Waals surface area contributed by atoms with Gasteiger partial charge in [0.25, 0.3) is 5.91 Å². The Morgan fingerprint density at radius 2 is 1.94 bits per heavy atom. The summed E-state index contributed by atoms with van der Waals surface area (Å²) in [5, 5.41) is 2.68. The van der Waals surface area contributed by atoms with Crippen LogP contribution in [0.1, 0.15) is 37.0 Å². The maximum absolute atomic E-state index is 13.4. The molecule has 0 bridgehead atoms. The maximum Gasteiger partial charge on any atom is 0.254 e. The highest BCUT2D eigenvalue weighted by atomic mass is 19.1. The average molecular weight is 252 g/mol. The number of rotatable bonds is 6. The van der Waals surface area contributed by atoms with Crippen LogP contribution in [0.15, 0.2) is 24.3 Å². The lowest BCUT2D eigenvalue weighted by molar-refractivity contribution is 0.0944. The van der Waals surface area contributed by atoms with Crippen LogP contribution in [0.3, 0.4) is 0 Å². The van der Waals surface area contributed by atoms with Crippen LogP contribution in [0.5, 0.6) is 0 Å². The van der Waals surface area contributed by atoms with Crippen LogP contribution in [0.25, 0.3) is 0 Å². The van der Waals surface area contributed by atoms with Gasteiger partial charge in [0.2, 0.25) is 0 Å². The van der Waals surface area contributed by atoms with Crippen LogP contribution < -0.4 is 11.1 Å². The van der Waals surface area contributed by atoms with Gasteiger partial charge >= 0.3 is 0 Å². The summed E-state index contributed by atoms with van der Waals surface area (Å²) in [7, 11) is 0. The van der Waals surface area contributed by atoms with E-state index < -0.39 is 11.7 Å². The van der Waals surface area contributed by atoms with Crippen LogP contribution in [0.2, 0.25) is 0 Å². The van der Waals surface area contributed by atoms with E-state index in [1.54, 1.807) is 12.1 Å². The molecule has 0 aliphatic rings. The fourth-order valence-corrected chi connectivity index (χ4v) is 2.01. The van der Waals surface area contributed by atoms with Gasteiger partial charge in [0.1, 0.15) is 5.82 Å². The Bertz CT molecular complexity index is 391. The molecule has 100 valence electrons. The van der Waals surface area contributed by atoms with Gasteiger partial charge < -0.3 is 11.1 Å². The topological polar surface area (TPSA) is 55.1 Å². The van der Waals surface area contributed by atoms with Gasteiger partial charge in [-0.3, -0.25) is 4.79 Å². The highest BCUT2D eigenvalue weighted by molar-refractivity contribution is 5.94. The summed E-state index contributed by atoms with van der Waals surface area (Å²) in [4.78, 5) is 11.8. The number of amides is 1. The highest BCUT2D eigenvalue weighted by Crippen LogP contribution is 2.11. The first-order chi connectivity index (χ1) is 8.60. The van der Waals surface area contributed by atoms with Gasteiger partial charge in [0.05, 0.1) is 5.56 Å². The van der Waals surface area contributed by atoms with E-state index in [1.807, 2.05) is 0 Å². The van der Waals surface area contributed by atoms with Gasteiger partial charge in [-0.2, -0.15) is 0 Å². The molecule has 18 heavy (non-hydrogen) atoms. The minimum atomic E-state index is -0.508. The van der Waals surface area contributed by atoms with Crippen molar-refractivity contribution in [2.75, 3.05) is 6.54 Å². The fraction of sp³-hybridized carbons (Fsp3) is 0.500. The normalized spacial score (nSPS) is 12.5. The van der Waals surface area contributed by atoms with Crippen molar-refractivity contribution in [2.45, 2.75) is 32.7 Å². The van der Waals surface area contributed by atoms with Crippen molar-refractivity contribution < 1.29 is 9.18 Å². The Morgan fingerprint density at radius 1 is 1.33 bits per heavy atom. The van der Waals surface area contributed by atoms with Crippen LogP contribution >= 0.6 is 0 Å². The summed E-state index contributed by atoms with van der Waals surface area (Å²) in [6, 6.07) is 5.85. The fourth-order valence-electron chi connectivity index (χ4n) is 2.01. The molecule has 1 aromatic carbocycles. The molecule has 0 fully saturated rings. The third-order valence-electron chi connectivity index (χ3n) is 3.27. The molecule has 1 amide bonds. The zero-order chi connectivity index (χ0) is 13.5. The number of nitrogens with two attached hydrogens (primary N) is 1. The summed E-state index contributed by atoms with van der Waals surface area (Å²) in [6.07, 6.45) is 1.96. The van der Waals surface area contributed by atoms with Gasteiger partial charge in [-0.05, 0) is 18.1 Å². The Morgan fingerprint density at radius 3 is 2.50 bits per heavy atom. The zero-order valence-corrected chi connectivity index (χ0v) is 10.9. The number of halogens is 1. The van der Waals surface area contributed by atoms with E-state index in [0.717, 1.165) is 12.8 Å². The lowest BCUT2D eigenvalue weighted by Gasteiger charge is -2.21. The number of benzene rings is 1. The van der Waals surface area contributed by atoms with E-state index in [9.17, 15) is 9.18 Å². The van der Waals surface area contributed by atoms with Crippen LogP contribution in [0.4, 0.5) is 4.39 Å². The molecule has 0 spiro atoms. The third-order valence-corrected chi connectivity index (χ3v) is 3.27. The first-order valence-corrected chi connectivity index (χ1v) is 6.38. The highest BCUT2D eigenvalue weighted by Gasteiger charge is 2.16. The Hall–Kier alpha value is -1.42. The molecule has 1 aromatic rings. The lowest BCUT2D eigenvalue weighted by Crippen LogP contribution is -2.42. The van der Waals surface area contributed by atoms with Crippen molar-refractivity contribution in [2.24, 2.45) is 11.7 Å². The number of hydrogen-bond acceptors (Lipinski definition) is 2. The molecule has 0 aromatic heterocycles. The summed E-state index contributed by atoms with van der Waals surface area (Å²) in [6.45, 7) is 4.53. The van der Waals surface area contributed by atoms with E-state index >= 15 is 0 Å². The summed E-state index contributed by atoms with van der Waals surface area (Å²) in [5.41, 5.74) is 6.06. The molecule has 4 heteroatoms. The van der Waals surface area contributed by atoms with E-state index in [-0.39, 0.29) is 11.6 Å². The first-order valence-electron chi connectivity index (χ1n) is 6.38. The molecule has 0 saturated heterocycles. The van der Waals surface area contributed by atoms with Gasteiger partial charge in [0.15, 0.2) is 0 Å². The molecule has 3 N–H and O–H groups in total. The molecule has 1 atom stereocenters. The Balaban J connectivity index is 2.54. The van der Waals surface area contributed by atoms with Crippen molar-refractivity contribution >= 4 is 5.91 Å². The maximum atomic E-state index is 13.4. The molecule has 1 rings (SSSR count). The lowest BCUT2D eigenvalue weighted by atomic mass is 9.95. The first kappa shape index (κ1) is 14.6. The van der Waals surface area contributed by atoms with Crippen molar-refractivity contribution in [1.29, 1.82) is 0 Å². The summed E-state index contributed by atoms with van der Waals surface area (Å²) in [5.74, 6) is -0.536. The predicted molar refractivity (Wildman–Crippen MR) is 70.8 cm³/mol. The van der Waals surface area contributed by atoms with Gasteiger partial charge in [-0.15, -0.1) is 0 Å². The quantitative estimate of drug-likeness (QED) is 0.816. The third kappa shape index (κ3) is 3.81. The van der Waals surface area contributed by atoms with Crippen molar-refractivity contribution in [3.05, 3.63) is 35.6 Å². The molecule has 0 heterocycles. The molecular weight excluding hydrogens is 231 g/mol. The standard InChI is InChI=1S/C14H21FN2O/c1-3-10(4-2)13(16)9-17-14(18)11-7-5-6-8-12(11)15/h5-8,10,13H,3-4,9,16H2,1-2H3,(H,17,18). The molecule has 3 nitrogen and oxygen atoms in total. The van der Waals surface area contributed by atoms with Crippen LogP contribution in [-0.2, 0) is 0 Å². The molecule has 0 aliphatic heterocycles. The average Bonchev–Trinajstić information content (AvgIpc) is 2.38.